The highest BCUT2D eigenvalue weighted by Crippen LogP contribution is 2.19. The number of rotatable bonds is 5. The highest BCUT2D eigenvalue weighted by molar-refractivity contribution is 7.91. The third-order valence-electron chi connectivity index (χ3n) is 4.63. The number of aromatic nitrogens is 4. The summed E-state index contributed by atoms with van der Waals surface area (Å²) in [4.78, 5) is 20.7. The van der Waals surface area contributed by atoms with Crippen LogP contribution in [0.15, 0.2) is 42.9 Å². The van der Waals surface area contributed by atoms with Crippen molar-refractivity contribution < 1.29 is 13.2 Å². The van der Waals surface area contributed by atoms with Crippen LogP contribution in [0.3, 0.4) is 0 Å². The number of nitrogens with one attached hydrogen (secondary N) is 1. The summed E-state index contributed by atoms with van der Waals surface area (Å²) in [5, 5.41) is 7.27. The first-order valence-corrected chi connectivity index (χ1v) is 10.6. The van der Waals surface area contributed by atoms with Gasteiger partial charge in [-0.15, -0.1) is 0 Å². The van der Waals surface area contributed by atoms with Crippen LogP contribution in [0.2, 0.25) is 0 Å². The molecule has 140 valence electrons. The summed E-state index contributed by atoms with van der Waals surface area (Å²) in [6.45, 7) is 0.413. The van der Waals surface area contributed by atoms with Crippen LogP contribution in [-0.2, 0) is 21.1 Å². The van der Waals surface area contributed by atoms with Crippen molar-refractivity contribution in [1.29, 1.82) is 0 Å². The standard InChI is InChI=1S/C18H19N5O3S/c24-18(14-5-10-27(25,26)12-14)20-8-3-15-11-17-21-16(4-9-23(17)22-15)13-1-6-19-7-2-13/h1-2,4,6-7,9,11,14H,3,5,8,10,12H2,(H,20,24)/t14-/m1/s1. The van der Waals surface area contributed by atoms with Gasteiger partial charge in [-0.25, -0.2) is 17.9 Å². The van der Waals surface area contributed by atoms with Crippen LogP contribution in [0, 0.1) is 5.92 Å². The number of carbonyl (C=O) groups is 1. The number of nitrogens with zero attached hydrogens (tertiary/aromatic N) is 4. The Morgan fingerprint density at radius 1 is 1.26 bits per heavy atom. The number of hydrogen-bond acceptors (Lipinski definition) is 6. The molecule has 0 saturated carbocycles. The molecule has 3 aromatic heterocycles. The quantitative estimate of drug-likeness (QED) is 0.699. The molecule has 1 aliphatic heterocycles. The molecule has 8 nitrogen and oxygen atoms in total. The smallest absolute Gasteiger partial charge is 0.224 e. The summed E-state index contributed by atoms with van der Waals surface area (Å²) in [6.07, 6.45) is 6.26. The maximum atomic E-state index is 12.1. The fourth-order valence-electron chi connectivity index (χ4n) is 3.19. The van der Waals surface area contributed by atoms with Gasteiger partial charge in [-0.1, -0.05) is 0 Å². The minimum absolute atomic E-state index is 0.0467. The minimum atomic E-state index is -3.05. The zero-order valence-corrected chi connectivity index (χ0v) is 15.4. The van der Waals surface area contributed by atoms with E-state index in [4.69, 9.17) is 0 Å². The van der Waals surface area contributed by atoms with Crippen LogP contribution in [0.1, 0.15) is 12.1 Å². The zero-order chi connectivity index (χ0) is 18.9. The SMILES string of the molecule is O=C(NCCc1cc2nc(-c3ccncc3)ccn2n1)[C@@H]1CCS(=O)(=O)C1. The monoisotopic (exact) mass is 385 g/mol. The van der Waals surface area contributed by atoms with Crippen molar-refractivity contribution in [2.24, 2.45) is 5.92 Å². The molecule has 1 aliphatic rings. The molecule has 27 heavy (non-hydrogen) atoms. The lowest BCUT2D eigenvalue weighted by Crippen LogP contribution is -2.32. The van der Waals surface area contributed by atoms with E-state index < -0.39 is 15.8 Å². The lowest BCUT2D eigenvalue weighted by atomic mass is 10.1. The molecule has 9 heteroatoms. The van der Waals surface area contributed by atoms with Gasteiger partial charge in [0.1, 0.15) is 0 Å². The maximum Gasteiger partial charge on any atom is 0.224 e. The Morgan fingerprint density at radius 3 is 2.81 bits per heavy atom. The first-order chi connectivity index (χ1) is 13.0. The van der Waals surface area contributed by atoms with Gasteiger partial charge < -0.3 is 5.32 Å². The van der Waals surface area contributed by atoms with Crippen LogP contribution in [0.25, 0.3) is 16.9 Å². The van der Waals surface area contributed by atoms with Crippen LogP contribution >= 0.6 is 0 Å². The van der Waals surface area contributed by atoms with Gasteiger partial charge in [-0.2, -0.15) is 5.10 Å². The molecular weight excluding hydrogens is 366 g/mol. The molecule has 1 saturated heterocycles. The second kappa shape index (κ2) is 7.07. The molecular formula is C18H19N5O3S. The van der Waals surface area contributed by atoms with E-state index in [1.54, 1.807) is 16.9 Å². The Bertz CT molecular complexity index is 1080. The third-order valence-corrected chi connectivity index (χ3v) is 6.40. The molecule has 0 bridgehead atoms. The van der Waals surface area contributed by atoms with Gasteiger partial charge in [0.05, 0.1) is 28.8 Å². The van der Waals surface area contributed by atoms with Gasteiger partial charge in [-0.3, -0.25) is 9.78 Å². The molecule has 0 unspecified atom stereocenters. The molecule has 1 atom stereocenters. The summed E-state index contributed by atoms with van der Waals surface area (Å²) >= 11 is 0. The van der Waals surface area contributed by atoms with Gasteiger partial charge in [0, 0.05) is 43.2 Å². The van der Waals surface area contributed by atoms with Gasteiger partial charge in [-0.05, 0) is 24.6 Å². The maximum absolute atomic E-state index is 12.1. The van der Waals surface area contributed by atoms with Crippen LogP contribution in [0.4, 0.5) is 0 Å². The van der Waals surface area contributed by atoms with Gasteiger partial charge >= 0.3 is 0 Å². The van der Waals surface area contributed by atoms with E-state index in [1.807, 2.05) is 30.5 Å². The number of hydrogen-bond donors (Lipinski definition) is 1. The summed E-state index contributed by atoms with van der Waals surface area (Å²) in [5.41, 5.74) is 3.36. The molecule has 4 rings (SSSR count). The van der Waals surface area contributed by atoms with Crippen molar-refractivity contribution in [2.45, 2.75) is 12.8 Å². The Hall–Kier alpha value is -2.81. The topological polar surface area (TPSA) is 106 Å². The number of sulfone groups is 1. The van der Waals surface area contributed by atoms with Gasteiger partial charge in [0.2, 0.25) is 5.91 Å². The highest BCUT2D eigenvalue weighted by Gasteiger charge is 2.32. The normalized spacial score (nSPS) is 18.6. The summed E-state index contributed by atoms with van der Waals surface area (Å²) in [6, 6.07) is 7.57. The molecule has 1 amide bonds. The van der Waals surface area contributed by atoms with Gasteiger partial charge in [0.25, 0.3) is 0 Å². The van der Waals surface area contributed by atoms with Crippen molar-refractivity contribution in [2.75, 3.05) is 18.1 Å². The molecule has 0 aromatic carbocycles. The Kier molecular flexibility index (Phi) is 4.61. The Labute approximate surface area is 156 Å². The second-order valence-corrected chi connectivity index (χ2v) is 8.86. The molecule has 0 spiro atoms. The van der Waals surface area contributed by atoms with E-state index in [0.717, 1.165) is 22.6 Å². The number of pyridine rings is 1. The fraction of sp³-hybridized carbons (Fsp3) is 0.333. The van der Waals surface area contributed by atoms with Crippen molar-refractivity contribution in [3.63, 3.8) is 0 Å². The van der Waals surface area contributed by atoms with E-state index >= 15 is 0 Å². The molecule has 0 radical (unpaired) electrons. The van der Waals surface area contributed by atoms with Crippen molar-refractivity contribution in [1.82, 2.24) is 24.9 Å². The number of amides is 1. The first kappa shape index (κ1) is 17.6. The largest absolute Gasteiger partial charge is 0.355 e. The van der Waals surface area contributed by atoms with E-state index in [1.165, 1.54) is 0 Å². The lowest BCUT2D eigenvalue weighted by molar-refractivity contribution is -0.124. The molecule has 1 N–H and O–H groups in total. The average Bonchev–Trinajstić information content (AvgIpc) is 3.24. The summed E-state index contributed by atoms with van der Waals surface area (Å²) in [7, 11) is -3.05. The summed E-state index contributed by atoms with van der Waals surface area (Å²) in [5.74, 6) is -0.573. The lowest BCUT2D eigenvalue weighted by Gasteiger charge is -2.08. The van der Waals surface area contributed by atoms with E-state index in [9.17, 15) is 13.2 Å². The molecule has 4 heterocycles. The van der Waals surface area contributed by atoms with Crippen LogP contribution < -0.4 is 5.32 Å². The first-order valence-electron chi connectivity index (χ1n) is 8.74. The van der Waals surface area contributed by atoms with Crippen molar-refractivity contribution >= 4 is 21.4 Å². The minimum Gasteiger partial charge on any atom is -0.355 e. The van der Waals surface area contributed by atoms with E-state index in [0.29, 0.717) is 19.4 Å². The predicted octanol–water partition coefficient (Wildman–Crippen LogP) is 0.885. The predicted molar refractivity (Wildman–Crippen MR) is 99.7 cm³/mol. The Balaban J connectivity index is 1.39. The molecule has 0 aliphatic carbocycles. The third kappa shape index (κ3) is 3.97. The molecule has 3 aromatic rings. The average molecular weight is 385 g/mol. The van der Waals surface area contributed by atoms with E-state index in [2.05, 4.69) is 20.4 Å². The highest BCUT2D eigenvalue weighted by atomic mass is 32.2. The Morgan fingerprint density at radius 2 is 2.07 bits per heavy atom. The second-order valence-electron chi connectivity index (χ2n) is 6.63. The van der Waals surface area contributed by atoms with Gasteiger partial charge in [0.15, 0.2) is 15.5 Å². The number of carbonyl (C=O) groups excluding carboxylic acids is 1. The van der Waals surface area contributed by atoms with E-state index in [-0.39, 0.29) is 17.4 Å². The van der Waals surface area contributed by atoms with Crippen LogP contribution in [0.5, 0.6) is 0 Å². The zero-order valence-electron chi connectivity index (χ0n) is 14.6. The summed E-state index contributed by atoms with van der Waals surface area (Å²) < 4.78 is 24.6. The molecule has 1 fully saturated rings. The van der Waals surface area contributed by atoms with Crippen LogP contribution in [-0.4, -0.2) is 52.0 Å². The van der Waals surface area contributed by atoms with Crippen molar-refractivity contribution in [3.05, 3.63) is 48.5 Å². The number of fused-ring (bicyclic) bond motifs is 1. The van der Waals surface area contributed by atoms with Crippen molar-refractivity contribution in [3.8, 4) is 11.3 Å². The fourth-order valence-corrected chi connectivity index (χ4v) is 4.94.